The summed E-state index contributed by atoms with van der Waals surface area (Å²) in [6.07, 6.45) is 0. The number of nitrogens with zero attached hydrogens (tertiary/aromatic N) is 2. The summed E-state index contributed by atoms with van der Waals surface area (Å²) in [5.41, 5.74) is 17.9. The van der Waals surface area contributed by atoms with Crippen molar-refractivity contribution in [2.45, 2.75) is 0 Å². The van der Waals surface area contributed by atoms with Crippen molar-refractivity contribution in [3.8, 4) is 44.5 Å². The van der Waals surface area contributed by atoms with Gasteiger partial charge < -0.3 is 8.80 Å². The first-order valence-corrected chi connectivity index (χ1v) is 17.4. The summed E-state index contributed by atoms with van der Waals surface area (Å²) in [5.74, 6) is 0. The van der Waals surface area contributed by atoms with Gasteiger partial charge in [-0.15, -0.1) is 0 Å². The van der Waals surface area contributed by atoms with Crippen LogP contribution < -0.4 is 0 Å². The van der Waals surface area contributed by atoms with Gasteiger partial charge in [-0.2, -0.15) is 0 Å². The third-order valence-electron chi connectivity index (χ3n) is 11.7. The number of para-hydroxylation sites is 3. The maximum Gasteiger partial charge on any atom is 0.0620 e. The molecule has 1 aliphatic carbocycles. The highest BCUT2D eigenvalue weighted by Gasteiger charge is 2.26. The quantitative estimate of drug-likeness (QED) is 0.158. The minimum absolute atomic E-state index is 1.26. The maximum atomic E-state index is 2.56. The minimum Gasteiger partial charge on any atom is -0.308 e. The molecule has 13 rings (SSSR count). The fourth-order valence-electron chi connectivity index (χ4n) is 9.75. The third kappa shape index (κ3) is 2.86. The number of benzene rings is 8. The van der Waals surface area contributed by atoms with Crippen LogP contribution in [-0.2, 0) is 0 Å². The SMILES string of the molecule is c1ccc2c(c1)-c1ccccc1-c1cc3c4cccc5c6cc7c(cc6n(c3cc1-c1ccccc1-2)c45)c1cccc2c3ccccc3n7c21. The second-order valence-electron chi connectivity index (χ2n) is 14.0. The van der Waals surface area contributed by atoms with Gasteiger partial charge >= 0.3 is 0 Å². The Balaban J connectivity index is 1.22. The molecule has 0 fully saturated rings. The van der Waals surface area contributed by atoms with Crippen LogP contribution in [0.3, 0.4) is 0 Å². The topological polar surface area (TPSA) is 8.82 Å². The molecular formula is C48H26N2. The Morgan fingerprint density at radius 1 is 0.220 bits per heavy atom. The van der Waals surface area contributed by atoms with Crippen molar-refractivity contribution < 1.29 is 0 Å². The van der Waals surface area contributed by atoms with E-state index in [1.807, 2.05) is 0 Å². The first-order chi connectivity index (χ1) is 24.8. The number of hydrogen-bond donors (Lipinski definition) is 0. The van der Waals surface area contributed by atoms with Crippen LogP contribution in [0.25, 0.3) is 121 Å². The first-order valence-electron chi connectivity index (χ1n) is 17.4. The van der Waals surface area contributed by atoms with E-state index >= 15 is 0 Å². The number of fused-ring (bicyclic) bond motifs is 20. The Labute approximate surface area is 286 Å². The number of hydrogen-bond acceptors (Lipinski definition) is 0. The average molecular weight is 631 g/mol. The molecule has 50 heavy (non-hydrogen) atoms. The Hall–Kier alpha value is -6.64. The van der Waals surface area contributed by atoms with E-state index in [1.165, 1.54) is 121 Å². The normalized spacial score (nSPS) is 12.8. The molecule has 0 spiro atoms. The lowest BCUT2D eigenvalue weighted by Gasteiger charge is -2.23. The van der Waals surface area contributed by atoms with Crippen molar-refractivity contribution in [2.75, 3.05) is 0 Å². The lowest BCUT2D eigenvalue weighted by molar-refractivity contribution is 1.36. The Bertz CT molecular complexity index is 3430. The van der Waals surface area contributed by atoms with Crippen LogP contribution in [0, 0.1) is 0 Å². The second kappa shape index (κ2) is 8.68. The summed E-state index contributed by atoms with van der Waals surface area (Å²) in [6.45, 7) is 0. The zero-order valence-electron chi connectivity index (χ0n) is 26.9. The van der Waals surface area contributed by atoms with Crippen molar-refractivity contribution >= 4 is 76.2 Å². The van der Waals surface area contributed by atoms with E-state index in [0.717, 1.165) is 0 Å². The van der Waals surface area contributed by atoms with Crippen molar-refractivity contribution in [1.29, 1.82) is 0 Å². The van der Waals surface area contributed by atoms with Gasteiger partial charge in [0.25, 0.3) is 0 Å². The highest BCUT2D eigenvalue weighted by atomic mass is 14.9. The fraction of sp³-hybridized carbons (Fsp3) is 0. The number of aromatic nitrogens is 2. The van der Waals surface area contributed by atoms with Crippen LogP contribution >= 0.6 is 0 Å². The van der Waals surface area contributed by atoms with Gasteiger partial charge in [0.1, 0.15) is 0 Å². The Morgan fingerprint density at radius 2 is 0.560 bits per heavy atom. The third-order valence-corrected chi connectivity index (χ3v) is 11.7. The summed E-state index contributed by atoms with van der Waals surface area (Å²) in [7, 11) is 0. The summed E-state index contributed by atoms with van der Waals surface area (Å²) in [4.78, 5) is 0. The first kappa shape index (κ1) is 25.4. The van der Waals surface area contributed by atoms with Crippen molar-refractivity contribution in [3.63, 3.8) is 0 Å². The molecule has 4 heterocycles. The molecule has 8 aromatic carbocycles. The van der Waals surface area contributed by atoms with Crippen molar-refractivity contribution in [3.05, 3.63) is 158 Å². The van der Waals surface area contributed by atoms with E-state index in [9.17, 15) is 0 Å². The van der Waals surface area contributed by atoms with Crippen LogP contribution in [0.15, 0.2) is 158 Å². The van der Waals surface area contributed by atoms with E-state index in [4.69, 9.17) is 0 Å². The minimum atomic E-state index is 1.26. The summed E-state index contributed by atoms with van der Waals surface area (Å²) in [5, 5.41) is 10.5. The van der Waals surface area contributed by atoms with Gasteiger partial charge in [0.2, 0.25) is 0 Å². The van der Waals surface area contributed by atoms with Gasteiger partial charge in [-0.25, -0.2) is 0 Å². The Morgan fingerprint density at radius 3 is 1.08 bits per heavy atom. The van der Waals surface area contributed by atoms with Gasteiger partial charge in [0.15, 0.2) is 0 Å². The molecule has 0 amide bonds. The maximum absolute atomic E-state index is 2.56. The zero-order valence-corrected chi connectivity index (χ0v) is 26.9. The zero-order chi connectivity index (χ0) is 32.2. The predicted octanol–water partition coefficient (Wildman–Crippen LogP) is 13.0. The van der Waals surface area contributed by atoms with Gasteiger partial charge in [-0.1, -0.05) is 127 Å². The smallest absolute Gasteiger partial charge is 0.0620 e. The van der Waals surface area contributed by atoms with Gasteiger partial charge in [-0.3, -0.25) is 0 Å². The van der Waals surface area contributed by atoms with E-state index in [1.54, 1.807) is 0 Å². The van der Waals surface area contributed by atoms with Gasteiger partial charge in [-0.05, 0) is 74.8 Å². The molecule has 0 radical (unpaired) electrons. The molecule has 0 saturated carbocycles. The van der Waals surface area contributed by atoms with E-state index in [0.29, 0.717) is 0 Å². The van der Waals surface area contributed by atoms with Crippen LogP contribution in [0.4, 0.5) is 0 Å². The molecule has 4 aromatic heterocycles. The summed E-state index contributed by atoms with van der Waals surface area (Å²) < 4.78 is 5.06. The highest BCUT2D eigenvalue weighted by molar-refractivity contribution is 6.29. The van der Waals surface area contributed by atoms with Gasteiger partial charge in [0.05, 0.1) is 33.1 Å². The molecule has 0 N–H and O–H groups in total. The highest BCUT2D eigenvalue weighted by Crippen LogP contribution is 2.51. The monoisotopic (exact) mass is 630 g/mol. The molecule has 1 aliphatic rings. The molecule has 2 heteroatoms. The lowest BCUT2D eigenvalue weighted by Crippen LogP contribution is -1.97. The molecule has 0 aliphatic heterocycles. The van der Waals surface area contributed by atoms with E-state index in [-0.39, 0.29) is 0 Å². The van der Waals surface area contributed by atoms with Crippen LogP contribution in [-0.4, -0.2) is 8.80 Å². The van der Waals surface area contributed by atoms with Crippen molar-refractivity contribution in [2.24, 2.45) is 0 Å². The van der Waals surface area contributed by atoms with Crippen LogP contribution in [0.2, 0.25) is 0 Å². The second-order valence-corrected chi connectivity index (χ2v) is 14.0. The van der Waals surface area contributed by atoms with Crippen LogP contribution in [0.5, 0.6) is 0 Å². The number of rotatable bonds is 0. The molecule has 228 valence electrons. The van der Waals surface area contributed by atoms with Crippen molar-refractivity contribution in [1.82, 2.24) is 8.80 Å². The fourth-order valence-corrected chi connectivity index (χ4v) is 9.75. The molecule has 0 atom stereocenters. The largest absolute Gasteiger partial charge is 0.308 e. The standard InChI is InChI=1S/C48H26N2/c1-2-12-28-27(11-1)29-13-3-5-15-31(29)38-23-40-35-19-10-21-37-42-25-45-41(36-20-9-18-34-33-17-7-8-22-43(33)49(45)47(34)36)26-46(42)50(48(35)37)44(40)24-39(38)32-16-6-4-14-30(28)32/h1-26H. The molecular weight excluding hydrogens is 605 g/mol. The molecule has 0 unspecified atom stereocenters. The van der Waals surface area contributed by atoms with Gasteiger partial charge in [0, 0.05) is 43.1 Å². The predicted molar refractivity (Wildman–Crippen MR) is 211 cm³/mol. The molecule has 2 nitrogen and oxygen atoms in total. The summed E-state index contributed by atoms with van der Waals surface area (Å²) >= 11 is 0. The average Bonchev–Trinajstić information content (AvgIpc) is 3.89. The summed E-state index contributed by atoms with van der Waals surface area (Å²) in [6, 6.07) is 59.2. The molecule has 0 saturated heterocycles. The molecule has 12 aromatic rings. The van der Waals surface area contributed by atoms with E-state index in [2.05, 4.69) is 167 Å². The van der Waals surface area contributed by atoms with Crippen LogP contribution in [0.1, 0.15) is 0 Å². The Kier molecular flexibility index (Phi) is 4.41. The van der Waals surface area contributed by atoms with E-state index < -0.39 is 0 Å². The lowest BCUT2D eigenvalue weighted by atomic mass is 9.80. The molecule has 0 bridgehead atoms.